The molecule has 12 atom stereocenters. The summed E-state index contributed by atoms with van der Waals surface area (Å²) >= 11 is 6.67. The average Bonchev–Trinajstić information content (AvgIpc) is 3.56. The van der Waals surface area contributed by atoms with Crippen LogP contribution in [0.4, 0.5) is 0 Å². The first-order valence-corrected chi connectivity index (χ1v) is 12.8. The average molecular weight is 557 g/mol. The van der Waals surface area contributed by atoms with Crippen molar-refractivity contribution >= 4 is 35.5 Å². The lowest BCUT2D eigenvalue weighted by Gasteiger charge is -2.57. The van der Waals surface area contributed by atoms with Crippen LogP contribution in [0.15, 0.2) is 24.3 Å². The van der Waals surface area contributed by atoms with Crippen molar-refractivity contribution in [3.8, 4) is 0 Å². The van der Waals surface area contributed by atoms with E-state index in [0.717, 1.165) is 6.92 Å². The fourth-order valence-corrected chi connectivity index (χ4v) is 6.95. The standard InChI is InChI=1S/C26H33ClO11/c1-10-8-9-15(34-12(3)28)24(6)18(25(7,32)21(35-13(4)29)17-20(24)37-17)22(36-14(5)30)26(33)11(2)23(31)38-19(26)16(10)27/h8-9,11,15-22,32-33H,1H2,2-7H3/b9-8-/t11-,15-,16-,17+,18+,19-,20-,21+,22-,24+,25-,26-/m0/s1. The largest absolute Gasteiger partial charge is 0.459 e. The van der Waals surface area contributed by atoms with Crippen LogP contribution in [0.25, 0.3) is 0 Å². The molecule has 12 heteroatoms. The molecule has 3 fully saturated rings. The first kappa shape index (κ1) is 28.5. The van der Waals surface area contributed by atoms with Crippen molar-refractivity contribution in [1.29, 1.82) is 0 Å². The normalized spacial score (nSPS) is 48.4. The van der Waals surface area contributed by atoms with Crippen molar-refractivity contribution in [3.63, 3.8) is 0 Å². The van der Waals surface area contributed by atoms with Gasteiger partial charge in [0.05, 0.1) is 17.4 Å². The molecule has 0 unspecified atom stereocenters. The fraction of sp³-hybridized carbons (Fsp3) is 0.692. The van der Waals surface area contributed by atoms with Crippen molar-refractivity contribution in [2.24, 2.45) is 17.3 Å². The van der Waals surface area contributed by atoms with E-state index in [1.165, 1.54) is 39.8 Å². The van der Waals surface area contributed by atoms with Gasteiger partial charge in [-0.05, 0) is 25.5 Å². The highest BCUT2D eigenvalue weighted by atomic mass is 35.5. The van der Waals surface area contributed by atoms with Crippen LogP contribution >= 0.6 is 11.6 Å². The van der Waals surface area contributed by atoms with Crippen LogP contribution in [0, 0.1) is 17.3 Å². The molecule has 0 aromatic heterocycles. The van der Waals surface area contributed by atoms with Gasteiger partial charge in [-0.1, -0.05) is 19.6 Å². The topological polar surface area (TPSA) is 158 Å². The zero-order chi connectivity index (χ0) is 28.5. The van der Waals surface area contributed by atoms with Crippen LogP contribution in [-0.2, 0) is 42.9 Å². The monoisotopic (exact) mass is 556 g/mol. The van der Waals surface area contributed by atoms with Gasteiger partial charge in [0.15, 0.2) is 17.8 Å². The van der Waals surface area contributed by atoms with Crippen molar-refractivity contribution in [1.82, 2.24) is 0 Å². The molecule has 0 amide bonds. The van der Waals surface area contributed by atoms with Crippen molar-refractivity contribution in [3.05, 3.63) is 24.3 Å². The van der Waals surface area contributed by atoms with Gasteiger partial charge < -0.3 is 33.9 Å². The molecule has 38 heavy (non-hydrogen) atoms. The van der Waals surface area contributed by atoms with Crippen LogP contribution in [0.5, 0.6) is 0 Å². The highest BCUT2D eigenvalue weighted by molar-refractivity contribution is 6.23. The summed E-state index contributed by atoms with van der Waals surface area (Å²) in [4.78, 5) is 49.6. The predicted molar refractivity (Wildman–Crippen MR) is 129 cm³/mol. The molecule has 2 N–H and O–H groups in total. The van der Waals surface area contributed by atoms with Crippen molar-refractivity contribution in [2.45, 2.75) is 94.7 Å². The van der Waals surface area contributed by atoms with Gasteiger partial charge in [0, 0.05) is 32.1 Å². The zero-order valence-electron chi connectivity index (χ0n) is 22.0. The number of hydrogen-bond donors (Lipinski definition) is 2. The first-order chi connectivity index (χ1) is 17.5. The first-order valence-electron chi connectivity index (χ1n) is 12.3. The number of esters is 4. The Bertz CT molecular complexity index is 1100. The Labute approximate surface area is 225 Å². The van der Waals surface area contributed by atoms with Gasteiger partial charge in [-0.3, -0.25) is 19.2 Å². The minimum Gasteiger partial charge on any atom is -0.459 e. The van der Waals surface area contributed by atoms with E-state index in [2.05, 4.69) is 6.58 Å². The number of rotatable bonds is 3. The molecule has 0 spiro atoms. The number of alkyl halides is 1. The summed E-state index contributed by atoms with van der Waals surface area (Å²) in [5.41, 5.74) is -5.50. The summed E-state index contributed by atoms with van der Waals surface area (Å²) in [5, 5.41) is 23.3. The molecule has 0 radical (unpaired) electrons. The number of epoxide rings is 1. The van der Waals surface area contributed by atoms with Gasteiger partial charge in [-0.15, -0.1) is 11.6 Å². The Morgan fingerprint density at radius 3 is 2.11 bits per heavy atom. The third-order valence-electron chi connectivity index (χ3n) is 8.41. The van der Waals surface area contributed by atoms with Crippen LogP contribution in [0.1, 0.15) is 41.5 Å². The fourth-order valence-electron chi connectivity index (χ4n) is 6.62. The van der Waals surface area contributed by atoms with Crippen LogP contribution in [-0.4, -0.2) is 87.3 Å². The number of ether oxygens (including phenoxy) is 5. The number of carbonyl (C=O) groups excluding carboxylic acids is 4. The third kappa shape index (κ3) is 4.14. The number of fused-ring (bicyclic) bond motifs is 4. The van der Waals surface area contributed by atoms with Crippen LogP contribution in [0.3, 0.4) is 0 Å². The van der Waals surface area contributed by atoms with E-state index < -0.39 is 94.3 Å². The maximum atomic E-state index is 12.9. The molecule has 1 saturated carbocycles. The smallest absolute Gasteiger partial charge is 0.312 e. The van der Waals surface area contributed by atoms with E-state index in [9.17, 15) is 29.4 Å². The minimum absolute atomic E-state index is 0.228. The maximum Gasteiger partial charge on any atom is 0.312 e. The summed E-state index contributed by atoms with van der Waals surface area (Å²) < 4.78 is 28.4. The Morgan fingerprint density at radius 2 is 1.55 bits per heavy atom. The lowest BCUT2D eigenvalue weighted by Crippen LogP contribution is -2.73. The van der Waals surface area contributed by atoms with E-state index >= 15 is 0 Å². The second-order valence-corrected chi connectivity index (χ2v) is 11.5. The molecule has 4 rings (SSSR count). The second kappa shape index (κ2) is 9.32. The molecule has 210 valence electrons. The second-order valence-electron chi connectivity index (χ2n) is 11.0. The van der Waals surface area contributed by atoms with Gasteiger partial charge in [0.25, 0.3) is 0 Å². The molecule has 0 aromatic rings. The third-order valence-corrected chi connectivity index (χ3v) is 8.92. The summed E-state index contributed by atoms with van der Waals surface area (Å²) in [7, 11) is 0. The highest BCUT2D eigenvalue weighted by Crippen LogP contribution is 2.63. The van der Waals surface area contributed by atoms with Crippen LogP contribution < -0.4 is 0 Å². The van der Waals surface area contributed by atoms with E-state index in [1.807, 2.05) is 0 Å². The van der Waals surface area contributed by atoms with E-state index in [0.29, 0.717) is 0 Å². The quantitative estimate of drug-likeness (QED) is 0.221. The van der Waals surface area contributed by atoms with Gasteiger partial charge in [0.2, 0.25) is 0 Å². The van der Waals surface area contributed by atoms with Gasteiger partial charge in [-0.2, -0.15) is 0 Å². The lowest BCUT2D eigenvalue weighted by atomic mass is 9.52. The molecular weight excluding hydrogens is 524 g/mol. The molecule has 2 aliphatic heterocycles. The predicted octanol–water partition coefficient (Wildman–Crippen LogP) is 0.962. The van der Waals surface area contributed by atoms with Gasteiger partial charge >= 0.3 is 23.9 Å². The number of allylic oxidation sites excluding steroid dienone is 1. The summed E-state index contributed by atoms with van der Waals surface area (Å²) in [6.45, 7) is 11.8. The van der Waals surface area contributed by atoms with E-state index in [1.54, 1.807) is 6.92 Å². The van der Waals surface area contributed by atoms with Gasteiger partial charge in [0.1, 0.15) is 23.9 Å². The minimum atomic E-state index is -2.29. The molecular formula is C26H33ClO11. The number of hydrogen-bond acceptors (Lipinski definition) is 11. The lowest BCUT2D eigenvalue weighted by molar-refractivity contribution is -0.258. The maximum absolute atomic E-state index is 12.9. The summed E-state index contributed by atoms with van der Waals surface area (Å²) in [6.07, 6.45) is -4.05. The number of halogens is 1. The van der Waals surface area contributed by atoms with Crippen LogP contribution in [0.2, 0.25) is 0 Å². The zero-order valence-corrected chi connectivity index (χ0v) is 22.8. The molecule has 4 aliphatic rings. The molecule has 2 heterocycles. The summed E-state index contributed by atoms with van der Waals surface area (Å²) in [5.74, 6) is -5.61. The Kier molecular flexibility index (Phi) is 7.00. The van der Waals surface area contributed by atoms with Crippen molar-refractivity contribution in [2.75, 3.05) is 0 Å². The molecule has 0 aromatic carbocycles. The highest BCUT2D eigenvalue weighted by Gasteiger charge is 2.79. The number of aliphatic hydroxyl groups is 2. The Morgan fingerprint density at radius 1 is 1.00 bits per heavy atom. The molecule has 11 nitrogen and oxygen atoms in total. The Balaban J connectivity index is 2.05. The molecule has 2 aliphatic carbocycles. The van der Waals surface area contributed by atoms with E-state index in [4.69, 9.17) is 35.3 Å². The molecule has 0 bridgehead atoms. The summed E-state index contributed by atoms with van der Waals surface area (Å²) in [6, 6.07) is 0. The van der Waals surface area contributed by atoms with E-state index in [-0.39, 0.29) is 5.57 Å². The SMILES string of the molecule is C=C1/C=C\[C@H](OC(C)=O)[C@@]2(C)[C@H]3O[C@H]3[C@@H](OC(C)=O)[C@@](C)(O)[C@@H]2[C@H](OC(C)=O)[C@]2(O)[C@@H](C)C(=O)O[C@H]2[C@H]1Cl. The van der Waals surface area contributed by atoms with Crippen molar-refractivity contribution < 1.29 is 53.1 Å². The van der Waals surface area contributed by atoms with Gasteiger partial charge in [-0.25, -0.2) is 0 Å². The Hall–Kier alpha value is -2.47. The molecule has 2 saturated heterocycles. The number of carbonyl (C=O) groups is 4.